The highest BCUT2D eigenvalue weighted by Crippen LogP contribution is 2.35. The molecule has 0 aromatic heterocycles. The number of carbonyl (C=O) groups excluding carboxylic acids is 1. The Bertz CT molecular complexity index is 910. The molecule has 0 aliphatic carbocycles. The smallest absolute Gasteiger partial charge is 0.183 e. The van der Waals surface area contributed by atoms with Crippen LogP contribution in [0.5, 0.6) is 5.75 Å². The van der Waals surface area contributed by atoms with Crippen LogP contribution in [0.3, 0.4) is 0 Å². The number of ketones is 1. The Balaban J connectivity index is 1.93. The van der Waals surface area contributed by atoms with E-state index in [4.69, 9.17) is 4.74 Å². The van der Waals surface area contributed by atoms with Gasteiger partial charge in [0.25, 0.3) is 0 Å². The maximum absolute atomic E-state index is 13.3. The molecule has 2 aromatic carbocycles. The summed E-state index contributed by atoms with van der Waals surface area (Å²) >= 11 is 0. The molecule has 2 atom stereocenters. The second-order valence-electron chi connectivity index (χ2n) is 10.1. The molecule has 2 aromatic rings. The van der Waals surface area contributed by atoms with E-state index in [0.29, 0.717) is 5.56 Å². The first-order chi connectivity index (χ1) is 17.0. The van der Waals surface area contributed by atoms with E-state index < -0.39 is 5.41 Å². The summed E-state index contributed by atoms with van der Waals surface area (Å²) in [6, 6.07) is 18.2. The van der Waals surface area contributed by atoms with Crippen molar-refractivity contribution in [3.8, 4) is 22.9 Å². The molecule has 0 bridgehead atoms. The molecule has 0 spiro atoms. The van der Waals surface area contributed by atoms with Crippen molar-refractivity contribution in [2.75, 3.05) is 6.61 Å². The minimum Gasteiger partial charge on any atom is -0.494 e. The van der Waals surface area contributed by atoms with Gasteiger partial charge < -0.3 is 4.74 Å². The third-order valence-corrected chi connectivity index (χ3v) is 7.28. The third kappa shape index (κ3) is 8.84. The molecule has 3 heteroatoms. The molecule has 0 saturated carbocycles. The molecule has 0 saturated heterocycles. The van der Waals surface area contributed by atoms with Gasteiger partial charge in [-0.05, 0) is 48.9 Å². The first-order valence-corrected chi connectivity index (χ1v) is 13.8. The van der Waals surface area contributed by atoms with Crippen LogP contribution in [0.25, 0.3) is 11.1 Å². The zero-order valence-electron chi connectivity index (χ0n) is 22.4. The minimum absolute atomic E-state index is 0.0282. The quantitative estimate of drug-likeness (QED) is 0.169. The lowest BCUT2D eigenvalue weighted by atomic mass is 9.71. The van der Waals surface area contributed by atoms with Crippen molar-refractivity contribution in [1.29, 1.82) is 5.26 Å². The van der Waals surface area contributed by atoms with Gasteiger partial charge in [0.1, 0.15) is 11.2 Å². The molecule has 0 aliphatic rings. The van der Waals surface area contributed by atoms with Gasteiger partial charge in [-0.25, -0.2) is 0 Å². The van der Waals surface area contributed by atoms with E-state index in [1.807, 2.05) is 43.3 Å². The van der Waals surface area contributed by atoms with Gasteiger partial charge in [0.2, 0.25) is 0 Å². The normalized spacial score (nSPS) is 13.6. The standard InChI is InChI=1S/C32H45NO2/c1-5-7-9-11-12-14-24-35-30-22-20-28(21-23-30)27-16-18-29(19-17-27)31(34)32(4,25-33)26(3)15-13-10-8-6-2/h16-23,26H,5-15,24H2,1-4H3/t26-,32-/m1/s1. The molecule has 35 heavy (non-hydrogen) atoms. The van der Waals surface area contributed by atoms with Gasteiger partial charge in [-0.3, -0.25) is 4.79 Å². The van der Waals surface area contributed by atoms with Gasteiger partial charge >= 0.3 is 0 Å². The molecule has 2 rings (SSSR count). The van der Waals surface area contributed by atoms with Crippen LogP contribution in [0.15, 0.2) is 48.5 Å². The van der Waals surface area contributed by atoms with E-state index >= 15 is 0 Å². The SMILES string of the molecule is CCCCCCCCOc1ccc(-c2ccc(C(=O)[C@](C)(C#N)[C@H](C)CCCCCC)cc2)cc1. The molecule has 3 nitrogen and oxygen atoms in total. The molecule has 0 fully saturated rings. The van der Waals surface area contributed by atoms with Crippen molar-refractivity contribution in [3.05, 3.63) is 54.1 Å². The topological polar surface area (TPSA) is 50.1 Å². The molecule has 0 radical (unpaired) electrons. The summed E-state index contributed by atoms with van der Waals surface area (Å²) < 4.78 is 5.89. The van der Waals surface area contributed by atoms with E-state index in [-0.39, 0.29) is 11.7 Å². The number of hydrogen-bond donors (Lipinski definition) is 0. The number of benzene rings is 2. The highest BCUT2D eigenvalue weighted by Gasteiger charge is 2.39. The van der Waals surface area contributed by atoms with E-state index in [9.17, 15) is 10.1 Å². The first kappa shape index (κ1) is 28.6. The second-order valence-corrected chi connectivity index (χ2v) is 10.1. The van der Waals surface area contributed by atoms with Crippen molar-refractivity contribution in [1.82, 2.24) is 0 Å². The van der Waals surface area contributed by atoms with E-state index in [2.05, 4.69) is 32.0 Å². The summed E-state index contributed by atoms with van der Waals surface area (Å²) in [5.41, 5.74) is 1.75. The summed E-state index contributed by atoms with van der Waals surface area (Å²) in [6.45, 7) is 9.03. The van der Waals surface area contributed by atoms with Crippen molar-refractivity contribution in [2.24, 2.45) is 11.3 Å². The fourth-order valence-corrected chi connectivity index (χ4v) is 4.48. The molecular formula is C32H45NO2. The lowest BCUT2D eigenvalue weighted by Gasteiger charge is -2.27. The van der Waals surface area contributed by atoms with Crippen molar-refractivity contribution in [2.45, 2.75) is 98.3 Å². The number of carbonyl (C=O) groups is 1. The Hall–Kier alpha value is -2.60. The van der Waals surface area contributed by atoms with Crippen LogP contribution in [0, 0.1) is 22.7 Å². The maximum Gasteiger partial charge on any atom is 0.183 e. The Morgan fingerprint density at radius 2 is 1.34 bits per heavy atom. The minimum atomic E-state index is -0.997. The largest absolute Gasteiger partial charge is 0.494 e. The summed E-state index contributed by atoms with van der Waals surface area (Å²) in [5.74, 6) is 0.847. The summed E-state index contributed by atoms with van der Waals surface area (Å²) in [6.07, 6.45) is 13.1. The Kier molecular flexibility index (Phi) is 12.6. The zero-order chi connectivity index (χ0) is 25.5. The molecule has 0 amide bonds. The molecule has 0 heterocycles. The van der Waals surface area contributed by atoms with Gasteiger partial charge in [0, 0.05) is 5.56 Å². The van der Waals surface area contributed by atoms with Crippen LogP contribution in [0.4, 0.5) is 0 Å². The molecule has 190 valence electrons. The highest BCUT2D eigenvalue weighted by atomic mass is 16.5. The number of ether oxygens (including phenoxy) is 1. The molecule has 0 N–H and O–H groups in total. The summed E-state index contributed by atoms with van der Waals surface area (Å²) in [7, 11) is 0. The van der Waals surface area contributed by atoms with Gasteiger partial charge in [-0.15, -0.1) is 0 Å². The second kappa shape index (κ2) is 15.4. The number of unbranched alkanes of at least 4 members (excludes halogenated alkanes) is 8. The lowest BCUT2D eigenvalue weighted by Crippen LogP contribution is -2.33. The molecule has 0 unspecified atom stereocenters. The Labute approximate surface area is 213 Å². The number of rotatable bonds is 17. The van der Waals surface area contributed by atoms with Crippen LogP contribution in [0.1, 0.15) is 109 Å². The number of Topliss-reactive ketones (excluding diaryl/α,β-unsaturated/α-hetero) is 1. The lowest BCUT2D eigenvalue weighted by molar-refractivity contribution is 0.0807. The van der Waals surface area contributed by atoms with Crippen LogP contribution in [-0.4, -0.2) is 12.4 Å². The Morgan fingerprint density at radius 3 is 1.91 bits per heavy atom. The Morgan fingerprint density at radius 1 is 0.829 bits per heavy atom. The highest BCUT2D eigenvalue weighted by molar-refractivity contribution is 6.02. The van der Waals surface area contributed by atoms with Gasteiger partial charge in [-0.1, -0.05) is 115 Å². The first-order valence-electron chi connectivity index (χ1n) is 13.8. The van der Waals surface area contributed by atoms with Crippen molar-refractivity contribution < 1.29 is 9.53 Å². The maximum atomic E-state index is 13.3. The average Bonchev–Trinajstić information content (AvgIpc) is 2.90. The third-order valence-electron chi connectivity index (χ3n) is 7.28. The van der Waals surface area contributed by atoms with Crippen LogP contribution in [0.2, 0.25) is 0 Å². The number of nitriles is 1. The monoisotopic (exact) mass is 475 g/mol. The summed E-state index contributed by atoms with van der Waals surface area (Å²) in [5, 5.41) is 9.89. The van der Waals surface area contributed by atoms with Gasteiger partial charge in [0.05, 0.1) is 12.7 Å². The number of nitrogens with zero attached hydrogens (tertiary/aromatic N) is 1. The summed E-state index contributed by atoms with van der Waals surface area (Å²) in [4.78, 5) is 13.3. The average molecular weight is 476 g/mol. The fourth-order valence-electron chi connectivity index (χ4n) is 4.48. The van der Waals surface area contributed by atoms with Crippen LogP contribution >= 0.6 is 0 Å². The fraction of sp³-hybridized carbons (Fsp3) is 0.562. The molecular weight excluding hydrogens is 430 g/mol. The van der Waals surface area contributed by atoms with E-state index in [1.165, 1.54) is 44.9 Å². The predicted molar refractivity (Wildman–Crippen MR) is 147 cm³/mol. The van der Waals surface area contributed by atoms with Gasteiger partial charge in [0.15, 0.2) is 5.78 Å². The van der Waals surface area contributed by atoms with E-state index in [1.54, 1.807) is 6.92 Å². The van der Waals surface area contributed by atoms with Gasteiger partial charge in [-0.2, -0.15) is 5.26 Å². The van der Waals surface area contributed by atoms with E-state index in [0.717, 1.165) is 49.2 Å². The van der Waals surface area contributed by atoms with Crippen molar-refractivity contribution >= 4 is 5.78 Å². The number of hydrogen-bond acceptors (Lipinski definition) is 3. The zero-order valence-corrected chi connectivity index (χ0v) is 22.4. The van der Waals surface area contributed by atoms with Crippen LogP contribution < -0.4 is 4.74 Å². The van der Waals surface area contributed by atoms with Crippen molar-refractivity contribution in [3.63, 3.8) is 0 Å². The van der Waals surface area contributed by atoms with Crippen LogP contribution in [-0.2, 0) is 0 Å². The predicted octanol–water partition coefficient (Wildman–Crippen LogP) is 9.41. The molecule has 0 aliphatic heterocycles.